The SMILES string of the molecule is COCCS(=O)(=O)N1CCC(C(=O)Nc2ccccc2F)CC1. The maximum Gasteiger partial charge on any atom is 0.227 e. The van der Waals surface area contributed by atoms with E-state index in [4.69, 9.17) is 4.74 Å². The highest BCUT2D eigenvalue weighted by Crippen LogP contribution is 2.22. The molecular weight excluding hydrogens is 323 g/mol. The van der Waals surface area contributed by atoms with E-state index in [0.717, 1.165) is 0 Å². The fourth-order valence-electron chi connectivity index (χ4n) is 2.51. The molecule has 1 heterocycles. The van der Waals surface area contributed by atoms with Gasteiger partial charge in [-0.2, -0.15) is 0 Å². The molecule has 0 unspecified atom stereocenters. The molecule has 1 aromatic rings. The van der Waals surface area contributed by atoms with Gasteiger partial charge in [0.15, 0.2) is 0 Å². The lowest BCUT2D eigenvalue weighted by atomic mass is 9.97. The molecule has 0 aromatic heterocycles. The fraction of sp³-hybridized carbons (Fsp3) is 0.533. The Bertz CT molecular complexity index is 643. The van der Waals surface area contributed by atoms with Gasteiger partial charge < -0.3 is 10.1 Å². The van der Waals surface area contributed by atoms with Crippen LogP contribution in [0.4, 0.5) is 10.1 Å². The monoisotopic (exact) mass is 344 g/mol. The smallest absolute Gasteiger partial charge is 0.227 e. The first kappa shape index (κ1) is 17.8. The molecule has 8 heteroatoms. The first-order valence-corrected chi connectivity index (χ1v) is 9.07. The number of hydrogen-bond acceptors (Lipinski definition) is 4. The minimum Gasteiger partial charge on any atom is -0.384 e. The topological polar surface area (TPSA) is 75.7 Å². The van der Waals surface area contributed by atoms with Crippen LogP contribution in [0.1, 0.15) is 12.8 Å². The van der Waals surface area contributed by atoms with E-state index >= 15 is 0 Å². The van der Waals surface area contributed by atoms with Gasteiger partial charge in [-0.25, -0.2) is 17.1 Å². The summed E-state index contributed by atoms with van der Waals surface area (Å²) in [5.74, 6) is -1.14. The first-order valence-electron chi connectivity index (χ1n) is 7.46. The number of carbonyl (C=O) groups is 1. The molecule has 1 aliphatic heterocycles. The molecule has 0 saturated carbocycles. The maximum absolute atomic E-state index is 13.5. The van der Waals surface area contributed by atoms with Crippen molar-refractivity contribution >= 4 is 21.6 Å². The number of benzene rings is 1. The zero-order valence-electron chi connectivity index (χ0n) is 13.0. The van der Waals surface area contributed by atoms with Crippen LogP contribution in [0.3, 0.4) is 0 Å². The summed E-state index contributed by atoms with van der Waals surface area (Å²) in [6, 6.07) is 5.97. The lowest BCUT2D eigenvalue weighted by Gasteiger charge is -2.30. The molecule has 23 heavy (non-hydrogen) atoms. The van der Waals surface area contributed by atoms with Crippen molar-refractivity contribution in [3.8, 4) is 0 Å². The third kappa shape index (κ3) is 4.73. The van der Waals surface area contributed by atoms with Gasteiger partial charge in [0.2, 0.25) is 15.9 Å². The predicted molar refractivity (Wildman–Crippen MR) is 85.0 cm³/mol. The van der Waals surface area contributed by atoms with Gasteiger partial charge >= 0.3 is 0 Å². The molecule has 1 saturated heterocycles. The largest absolute Gasteiger partial charge is 0.384 e. The quantitative estimate of drug-likeness (QED) is 0.847. The Morgan fingerprint density at radius 2 is 2.00 bits per heavy atom. The molecule has 0 bridgehead atoms. The number of nitrogens with zero attached hydrogens (tertiary/aromatic N) is 1. The van der Waals surface area contributed by atoms with Gasteiger partial charge in [-0.05, 0) is 25.0 Å². The summed E-state index contributed by atoms with van der Waals surface area (Å²) in [7, 11) is -1.89. The van der Waals surface area contributed by atoms with E-state index in [0.29, 0.717) is 25.9 Å². The molecule has 0 atom stereocenters. The summed E-state index contributed by atoms with van der Waals surface area (Å²) in [6.45, 7) is 0.735. The van der Waals surface area contributed by atoms with Crippen LogP contribution >= 0.6 is 0 Å². The number of sulfonamides is 1. The summed E-state index contributed by atoms with van der Waals surface area (Å²) in [4.78, 5) is 12.2. The summed E-state index contributed by atoms with van der Waals surface area (Å²) < 4.78 is 43.8. The van der Waals surface area contributed by atoms with Crippen molar-refractivity contribution in [3.05, 3.63) is 30.1 Å². The highest BCUT2D eigenvalue weighted by atomic mass is 32.2. The van der Waals surface area contributed by atoms with Crippen molar-refractivity contribution < 1.29 is 22.3 Å². The Labute approximate surface area is 135 Å². The average molecular weight is 344 g/mol. The molecular formula is C15H21FN2O4S. The van der Waals surface area contributed by atoms with Crippen molar-refractivity contribution in [1.82, 2.24) is 4.31 Å². The highest BCUT2D eigenvalue weighted by molar-refractivity contribution is 7.89. The number of anilines is 1. The molecule has 1 aromatic carbocycles. The first-order chi connectivity index (χ1) is 10.9. The van der Waals surface area contributed by atoms with Gasteiger partial charge in [-0.15, -0.1) is 0 Å². The van der Waals surface area contributed by atoms with Crippen molar-refractivity contribution in [2.45, 2.75) is 12.8 Å². The van der Waals surface area contributed by atoms with Crippen LogP contribution < -0.4 is 5.32 Å². The van der Waals surface area contributed by atoms with Gasteiger partial charge in [0.05, 0.1) is 18.0 Å². The number of ether oxygens (including phenoxy) is 1. The van der Waals surface area contributed by atoms with Crippen molar-refractivity contribution in [2.75, 3.05) is 37.9 Å². The van der Waals surface area contributed by atoms with Crippen LogP contribution in [0.5, 0.6) is 0 Å². The number of amides is 1. The van der Waals surface area contributed by atoms with Crippen LogP contribution in [0.15, 0.2) is 24.3 Å². The van der Waals surface area contributed by atoms with Crippen molar-refractivity contribution in [2.24, 2.45) is 5.92 Å². The van der Waals surface area contributed by atoms with Crippen LogP contribution in [0.2, 0.25) is 0 Å². The molecule has 2 rings (SSSR count). The van der Waals surface area contributed by atoms with Gasteiger partial charge in [-0.3, -0.25) is 4.79 Å². The summed E-state index contributed by atoms with van der Waals surface area (Å²) in [5.41, 5.74) is 0.146. The second-order valence-electron chi connectivity index (χ2n) is 5.45. The Morgan fingerprint density at radius 3 is 2.61 bits per heavy atom. The summed E-state index contributed by atoms with van der Waals surface area (Å²) >= 11 is 0. The minimum absolute atomic E-state index is 0.0599. The van der Waals surface area contributed by atoms with E-state index in [9.17, 15) is 17.6 Å². The zero-order valence-corrected chi connectivity index (χ0v) is 13.8. The minimum atomic E-state index is -3.34. The molecule has 0 aliphatic carbocycles. The predicted octanol–water partition coefficient (Wildman–Crippen LogP) is 1.45. The molecule has 1 amide bonds. The Balaban J connectivity index is 1.89. The van der Waals surface area contributed by atoms with E-state index in [1.807, 2.05) is 0 Å². The zero-order chi connectivity index (χ0) is 16.9. The Morgan fingerprint density at radius 1 is 1.35 bits per heavy atom. The molecule has 1 aliphatic rings. The number of rotatable bonds is 6. The second-order valence-corrected chi connectivity index (χ2v) is 7.54. The van der Waals surface area contributed by atoms with Crippen molar-refractivity contribution in [3.63, 3.8) is 0 Å². The average Bonchev–Trinajstić information content (AvgIpc) is 2.55. The number of hydrogen-bond donors (Lipinski definition) is 1. The van der Waals surface area contributed by atoms with Gasteiger partial charge in [0.25, 0.3) is 0 Å². The summed E-state index contributed by atoms with van der Waals surface area (Å²) in [6.07, 6.45) is 0.846. The highest BCUT2D eigenvalue weighted by Gasteiger charge is 2.31. The van der Waals surface area contributed by atoms with E-state index in [-0.39, 0.29) is 29.9 Å². The molecule has 1 fully saturated rings. The van der Waals surface area contributed by atoms with Crippen LogP contribution in [-0.2, 0) is 19.6 Å². The van der Waals surface area contributed by atoms with Gasteiger partial charge in [0.1, 0.15) is 5.82 Å². The number of nitrogens with one attached hydrogen (secondary N) is 1. The van der Waals surface area contributed by atoms with Crippen LogP contribution in [0.25, 0.3) is 0 Å². The normalized spacial score (nSPS) is 17.1. The molecule has 0 spiro atoms. The number of methoxy groups -OCH3 is 1. The second kappa shape index (κ2) is 7.85. The van der Waals surface area contributed by atoms with E-state index in [1.165, 1.54) is 23.5 Å². The fourth-order valence-corrected chi connectivity index (χ4v) is 3.91. The van der Waals surface area contributed by atoms with Crippen LogP contribution in [0, 0.1) is 11.7 Å². The molecule has 128 valence electrons. The van der Waals surface area contributed by atoms with Gasteiger partial charge in [0, 0.05) is 26.1 Å². The third-order valence-corrected chi connectivity index (χ3v) is 5.73. The summed E-state index contributed by atoms with van der Waals surface area (Å²) in [5, 5.41) is 2.57. The Kier molecular flexibility index (Phi) is 6.09. The molecule has 1 N–H and O–H groups in total. The number of piperidine rings is 1. The van der Waals surface area contributed by atoms with Gasteiger partial charge in [-0.1, -0.05) is 12.1 Å². The van der Waals surface area contributed by atoms with Crippen LogP contribution in [-0.4, -0.2) is 51.2 Å². The number of para-hydroxylation sites is 1. The number of carbonyl (C=O) groups excluding carboxylic acids is 1. The van der Waals surface area contributed by atoms with E-state index in [2.05, 4.69) is 5.32 Å². The lowest BCUT2D eigenvalue weighted by molar-refractivity contribution is -0.120. The number of halogens is 1. The van der Waals surface area contributed by atoms with E-state index in [1.54, 1.807) is 12.1 Å². The maximum atomic E-state index is 13.5. The molecule has 6 nitrogen and oxygen atoms in total. The standard InChI is InChI=1S/C15H21FN2O4S/c1-22-10-11-23(20,21)18-8-6-12(7-9-18)15(19)17-14-5-3-2-4-13(14)16/h2-5,12H,6-11H2,1H3,(H,17,19). The Hall–Kier alpha value is -1.51. The van der Waals surface area contributed by atoms with Crippen molar-refractivity contribution in [1.29, 1.82) is 0 Å². The lowest BCUT2D eigenvalue weighted by Crippen LogP contribution is -2.42. The van der Waals surface area contributed by atoms with E-state index < -0.39 is 15.8 Å². The molecule has 0 radical (unpaired) electrons. The third-order valence-electron chi connectivity index (χ3n) is 3.90.